The number of nitrogens with zero attached hydrogens (tertiary/aromatic N) is 1. The number of hydrogen-bond acceptors (Lipinski definition) is 3. The van der Waals surface area contributed by atoms with Crippen molar-refractivity contribution in [2.75, 3.05) is 19.6 Å². The summed E-state index contributed by atoms with van der Waals surface area (Å²) in [5, 5.41) is 10.9. The number of amides is 2. The number of carbonyl (C=O) groups excluding carboxylic acids is 1. The molecule has 6 nitrogen and oxygen atoms in total. The summed E-state index contributed by atoms with van der Waals surface area (Å²) < 4.78 is 6.29. The summed E-state index contributed by atoms with van der Waals surface area (Å²) in [7, 11) is -1.85. The Morgan fingerprint density at radius 3 is 2.57 bits per heavy atom. The van der Waals surface area contributed by atoms with Crippen LogP contribution < -0.4 is 5.32 Å². The lowest BCUT2D eigenvalue weighted by Crippen LogP contribution is -2.50. The molecule has 1 aliphatic heterocycles. The quantitative estimate of drug-likeness (QED) is 0.763. The molecule has 0 aromatic rings. The maximum Gasteiger partial charge on any atom is 0.404 e. The summed E-state index contributed by atoms with van der Waals surface area (Å²) in [6.07, 6.45) is 0.172. The van der Waals surface area contributed by atoms with Gasteiger partial charge in [0.15, 0.2) is 8.32 Å². The first-order valence-electron chi connectivity index (χ1n) is 7.45. The minimum atomic E-state index is -1.85. The van der Waals surface area contributed by atoms with Crippen LogP contribution in [-0.2, 0) is 9.22 Å². The Morgan fingerprint density at radius 2 is 2.10 bits per heavy atom. The van der Waals surface area contributed by atoms with Gasteiger partial charge in [-0.15, -0.1) is 0 Å². The van der Waals surface area contributed by atoms with Gasteiger partial charge in [-0.25, -0.2) is 4.79 Å². The van der Waals surface area contributed by atoms with Crippen LogP contribution in [0.1, 0.15) is 33.6 Å². The molecule has 21 heavy (non-hydrogen) atoms. The Labute approximate surface area is 128 Å². The summed E-state index contributed by atoms with van der Waals surface area (Å²) in [5.41, 5.74) is 0. The van der Waals surface area contributed by atoms with E-state index in [4.69, 9.17) is 9.53 Å². The highest BCUT2D eigenvalue weighted by Crippen LogP contribution is 2.38. The van der Waals surface area contributed by atoms with E-state index in [1.165, 1.54) is 0 Å². The van der Waals surface area contributed by atoms with Crippen molar-refractivity contribution in [3.63, 3.8) is 0 Å². The van der Waals surface area contributed by atoms with Gasteiger partial charge < -0.3 is 19.7 Å². The Balaban J connectivity index is 2.46. The summed E-state index contributed by atoms with van der Waals surface area (Å²) in [6.45, 7) is 12.3. The molecule has 2 N–H and O–H groups in total. The highest BCUT2D eigenvalue weighted by atomic mass is 28.4. The van der Waals surface area contributed by atoms with Crippen LogP contribution in [0.2, 0.25) is 18.1 Å². The van der Waals surface area contributed by atoms with E-state index in [1.807, 2.05) is 0 Å². The molecule has 0 aromatic carbocycles. The maximum atomic E-state index is 12.1. The van der Waals surface area contributed by atoms with E-state index >= 15 is 0 Å². The third-order valence-electron chi connectivity index (χ3n) is 4.40. The van der Waals surface area contributed by atoms with Gasteiger partial charge in [-0.05, 0) is 24.6 Å². The zero-order chi connectivity index (χ0) is 16.3. The molecule has 1 fully saturated rings. The average molecular weight is 316 g/mol. The Bertz CT molecular complexity index is 393. The largest absolute Gasteiger partial charge is 0.465 e. The van der Waals surface area contributed by atoms with Crippen molar-refractivity contribution < 1.29 is 19.1 Å². The molecule has 2 amide bonds. The fourth-order valence-electron chi connectivity index (χ4n) is 2.08. The van der Waals surface area contributed by atoms with Crippen molar-refractivity contribution in [1.29, 1.82) is 0 Å². The standard InChI is InChI=1S/C14H28N2O4Si/c1-14(2,3)21(4,5)20-11-6-8-16(12(17)10-11)9-7-15-13(18)19/h11,15H,6-10H2,1-5H3,(H,18,19)/t11-/m0/s1. The molecule has 0 aliphatic carbocycles. The number of carboxylic acid groups (broad SMARTS) is 1. The first kappa shape index (κ1) is 18.0. The molecule has 1 saturated heterocycles. The van der Waals surface area contributed by atoms with Crippen LogP contribution in [0.25, 0.3) is 0 Å². The van der Waals surface area contributed by atoms with Crippen molar-refractivity contribution in [2.24, 2.45) is 0 Å². The summed E-state index contributed by atoms with van der Waals surface area (Å²) >= 11 is 0. The second-order valence-corrected chi connectivity index (χ2v) is 11.9. The molecule has 0 radical (unpaired) electrons. The van der Waals surface area contributed by atoms with Gasteiger partial charge >= 0.3 is 6.09 Å². The van der Waals surface area contributed by atoms with Gasteiger partial charge in [0.1, 0.15) is 0 Å². The molecule has 1 aliphatic rings. The fraction of sp³-hybridized carbons (Fsp3) is 0.857. The van der Waals surface area contributed by atoms with Crippen LogP contribution in [0.4, 0.5) is 4.79 Å². The Hall–Kier alpha value is -1.08. The van der Waals surface area contributed by atoms with Crippen molar-refractivity contribution >= 4 is 20.3 Å². The van der Waals surface area contributed by atoms with E-state index in [0.29, 0.717) is 19.5 Å². The normalized spacial score (nSPS) is 20.5. The van der Waals surface area contributed by atoms with Crippen LogP contribution in [0.3, 0.4) is 0 Å². The van der Waals surface area contributed by atoms with E-state index in [1.54, 1.807) is 4.90 Å². The maximum absolute atomic E-state index is 12.1. The molecule has 1 heterocycles. The van der Waals surface area contributed by atoms with E-state index in [0.717, 1.165) is 6.42 Å². The Morgan fingerprint density at radius 1 is 1.48 bits per heavy atom. The summed E-state index contributed by atoms with van der Waals surface area (Å²) in [5.74, 6) is 0.0529. The molecule has 7 heteroatoms. The van der Waals surface area contributed by atoms with Gasteiger partial charge in [-0.3, -0.25) is 4.79 Å². The first-order chi connectivity index (χ1) is 9.53. The zero-order valence-corrected chi connectivity index (χ0v) is 14.7. The van der Waals surface area contributed by atoms with Gasteiger partial charge in [0, 0.05) is 19.6 Å². The molecular formula is C14H28N2O4Si. The molecule has 0 saturated carbocycles. The van der Waals surface area contributed by atoms with Crippen LogP contribution in [0.5, 0.6) is 0 Å². The summed E-state index contributed by atoms with van der Waals surface area (Å²) in [6, 6.07) is 0. The van der Waals surface area contributed by atoms with E-state index in [2.05, 4.69) is 39.2 Å². The molecular weight excluding hydrogens is 288 g/mol. The van der Waals surface area contributed by atoms with Crippen LogP contribution >= 0.6 is 0 Å². The van der Waals surface area contributed by atoms with Gasteiger partial charge in [-0.2, -0.15) is 0 Å². The number of nitrogens with one attached hydrogen (secondary N) is 1. The molecule has 0 bridgehead atoms. The number of hydrogen-bond donors (Lipinski definition) is 2. The smallest absolute Gasteiger partial charge is 0.404 e. The SMILES string of the molecule is CC(C)(C)[Si](C)(C)O[C@H]1CCN(CCNC(=O)O)C(=O)C1. The minimum absolute atomic E-state index is 0.00192. The van der Waals surface area contributed by atoms with Crippen LogP contribution in [0.15, 0.2) is 0 Å². The second kappa shape index (κ2) is 6.78. The third-order valence-corrected chi connectivity index (χ3v) is 8.94. The number of piperidine rings is 1. The van der Waals surface area contributed by atoms with Crippen molar-refractivity contribution in [3.8, 4) is 0 Å². The fourth-order valence-corrected chi connectivity index (χ4v) is 3.47. The first-order valence-corrected chi connectivity index (χ1v) is 10.4. The Kier molecular flexibility index (Phi) is 5.80. The van der Waals surface area contributed by atoms with Gasteiger partial charge in [0.25, 0.3) is 0 Å². The lowest BCUT2D eigenvalue weighted by molar-refractivity contribution is -0.136. The zero-order valence-electron chi connectivity index (χ0n) is 13.7. The van der Waals surface area contributed by atoms with Crippen molar-refractivity contribution in [2.45, 2.75) is 57.8 Å². The van der Waals surface area contributed by atoms with Crippen LogP contribution in [-0.4, -0.2) is 56.1 Å². The van der Waals surface area contributed by atoms with E-state index in [-0.39, 0.29) is 23.6 Å². The lowest BCUT2D eigenvalue weighted by Gasteiger charge is -2.41. The van der Waals surface area contributed by atoms with Crippen molar-refractivity contribution in [1.82, 2.24) is 10.2 Å². The highest BCUT2D eigenvalue weighted by molar-refractivity contribution is 6.74. The third kappa shape index (κ3) is 5.31. The topological polar surface area (TPSA) is 78.9 Å². The molecule has 1 rings (SSSR count). The lowest BCUT2D eigenvalue weighted by atomic mass is 10.1. The predicted molar refractivity (Wildman–Crippen MR) is 83.9 cm³/mol. The van der Waals surface area contributed by atoms with Gasteiger partial charge in [0.2, 0.25) is 5.91 Å². The second-order valence-electron chi connectivity index (χ2n) is 7.11. The number of carbonyl (C=O) groups is 2. The molecule has 0 aromatic heterocycles. The van der Waals surface area contributed by atoms with Crippen molar-refractivity contribution in [3.05, 3.63) is 0 Å². The van der Waals surface area contributed by atoms with Gasteiger partial charge in [0.05, 0.1) is 12.5 Å². The van der Waals surface area contributed by atoms with Crippen LogP contribution in [0, 0.1) is 0 Å². The van der Waals surface area contributed by atoms with E-state index in [9.17, 15) is 9.59 Å². The molecule has 122 valence electrons. The number of rotatable bonds is 5. The molecule has 1 atom stereocenters. The molecule has 0 unspecified atom stereocenters. The van der Waals surface area contributed by atoms with Gasteiger partial charge in [-0.1, -0.05) is 20.8 Å². The molecule has 0 spiro atoms. The predicted octanol–water partition coefficient (Wildman–Crippen LogP) is 2.27. The number of likely N-dealkylation sites (tertiary alicyclic amines) is 1. The highest BCUT2D eigenvalue weighted by Gasteiger charge is 2.40. The summed E-state index contributed by atoms with van der Waals surface area (Å²) in [4.78, 5) is 24.2. The minimum Gasteiger partial charge on any atom is -0.465 e. The monoisotopic (exact) mass is 316 g/mol. The van der Waals surface area contributed by atoms with E-state index < -0.39 is 14.4 Å². The average Bonchev–Trinajstić information content (AvgIpc) is 2.29.